The van der Waals surface area contributed by atoms with E-state index in [9.17, 15) is 13.2 Å². The molecule has 0 radical (unpaired) electrons. The van der Waals surface area contributed by atoms with Crippen LogP contribution in [0, 0.1) is 0 Å². The van der Waals surface area contributed by atoms with Gasteiger partial charge in [0.05, 0.1) is 18.7 Å². The number of alkyl halides is 3. The first-order valence-corrected chi connectivity index (χ1v) is 8.67. The predicted octanol–water partition coefficient (Wildman–Crippen LogP) is 4.19. The molecule has 1 atom stereocenters. The van der Waals surface area contributed by atoms with Gasteiger partial charge in [-0.2, -0.15) is 24.5 Å². The number of piperazine rings is 1. The molecule has 0 bridgehead atoms. The fourth-order valence-electron chi connectivity index (χ4n) is 3.07. The number of methoxy groups -OCH3 is 1. The van der Waals surface area contributed by atoms with E-state index in [0.29, 0.717) is 0 Å². The Morgan fingerprint density at radius 1 is 1.20 bits per heavy atom. The fourth-order valence-corrected chi connectivity index (χ4v) is 3.75. The van der Waals surface area contributed by atoms with Gasteiger partial charge >= 0.3 is 6.18 Å². The van der Waals surface area contributed by atoms with Crippen LogP contribution in [0.4, 0.5) is 13.2 Å². The van der Waals surface area contributed by atoms with E-state index < -0.39 is 11.7 Å². The summed E-state index contributed by atoms with van der Waals surface area (Å²) in [4.78, 5) is 2.28. The number of rotatable bonds is 4. The summed E-state index contributed by atoms with van der Waals surface area (Å²) in [6.45, 7) is 3.41. The topological polar surface area (TPSA) is 24.5 Å². The molecule has 0 unspecified atom stereocenters. The smallest absolute Gasteiger partial charge is 0.416 e. The Hall–Kier alpha value is -1.28. The molecular weight excluding hydrogens is 373 g/mol. The Balaban J connectivity index is 0.00000225. The van der Waals surface area contributed by atoms with Gasteiger partial charge in [0.2, 0.25) is 0 Å². The maximum absolute atomic E-state index is 13.0. The highest BCUT2D eigenvalue weighted by molar-refractivity contribution is 7.08. The fraction of sp³-hybridized carbons (Fsp3) is 0.412. The summed E-state index contributed by atoms with van der Waals surface area (Å²) < 4.78 is 44.3. The number of benzene rings is 1. The van der Waals surface area contributed by atoms with Crippen LogP contribution in [0.3, 0.4) is 0 Å². The third kappa shape index (κ3) is 4.47. The van der Waals surface area contributed by atoms with E-state index in [0.717, 1.165) is 49.4 Å². The van der Waals surface area contributed by atoms with Crippen molar-refractivity contribution >= 4 is 23.7 Å². The van der Waals surface area contributed by atoms with Crippen molar-refractivity contribution in [1.82, 2.24) is 10.2 Å². The van der Waals surface area contributed by atoms with Crippen LogP contribution in [0.2, 0.25) is 0 Å². The van der Waals surface area contributed by atoms with E-state index >= 15 is 0 Å². The SMILES string of the molecule is COc1cc(C(F)(F)F)ccc1[C@@H](c1ccsc1)N1CCNCC1.Cl. The molecule has 1 saturated heterocycles. The molecule has 0 saturated carbocycles. The summed E-state index contributed by atoms with van der Waals surface area (Å²) in [5, 5.41) is 7.34. The lowest BCUT2D eigenvalue weighted by atomic mass is 9.96. The van der Waals surface area contributed by atoms with Crippen molar-refractivity contribution in [2.45, 2.75) is 12.2 Å². The maximum Gasteiger partial charge on any atom is 0.416 e. The number of ether oxygens (including phenoxy) is 1. The second-order valence-corrected chi connectivity index (χ2v) is 6.48. The minimum Gasteiger partial charge on any atom is -0.496 e. The molecule has 0 aliphatic carbocycles. The van der Waals surface area contributed by atoms with E-state index in [1.165, 1.54) is 7.11 Å². The van der Waals surface area contributed by atoms with Gasteiger partial charge in [0.1, 0.15) is 5.75 Å². The molecule has 1 aromatic heterocycles. The van der Waals surface area contributed by atoms with Crippen LogP contribution in [0.1, 0.15) is 22.7 Å². The van der Waals surface area contributed by atoms with Gasteiger partial charge < -0.3 is 10.1 Å². The minimum atomic E-state index is -4.38. The second kappa shape index (κ2) is 8.40. The molecule has 1 fully saturated rings. The summed E-state index contributed by atoms with van der Waals surface area (Å²) in [6.07, 6.45) is -4.38. The molecule has 138 valence electrons. The van der Waals surface area contributed by atoms with Crippen LogP contribution in [-0.2, 0) is 6.18 Å². The van der Waals surface area contributed by atoms with Crippen LogP contribution >= 0.6 is 23.7 Å². The Morgan fingerprint density at radius 3 is 2.48 bits per heavy atom. The lowest BCUT2D eigenvalue weighted by Gasteiger charge is -2.35. The monoisotopic (exact) mass is 392 g/mol. The van der Waals surface area contributed by atoms with Gasteiger partial charge in [-0.1, -0.05) is 6.07 Å². The average molecular weight is 393 g/mol. The van der Waals surface area contributed by atoms with Crippen molar-refractivity contribution in [1.29, 1.82) is 0 Å². The third-order valence-corrected chi connectivity index (χ3v) is 4.93. The highest BCUT2D eigenvalue weighted by Crippen LogP contribution is 2.39. The van der Waals surface area contributed by atoms with E-state index in [2.05, 4.69) is 10.2 Å². The van der Waals surface area contributed by atoms with Crippen molar-refractivity contribution in [3.05, 3.63) is 51.7 Å². The van der Waals surface area contributed by atoms with Crippen molar-refractivity contribution in [2.75, 3.05) is 33.3 Å². The lowest BCUT2D eigenvalue weighted by Crippen LogP contribution is -2.45. The van der Waals surface area contributed by atoms with Crippen LogP contribution < -0.4 is 10.1 Å². The highest BCUT2D eigenvalue weighted by atomic mass is 35.5. The first-order chi connectivity index (χ1) is 11.5. The van der Waals surface area contributed by atoms with Gasteiger partial charge in [-0.25, -0.2) is 0 Å². The van der Waals surface area contributed by atoms with Crippen LogP contribution in [-0.4, -0.2) is 38.2 Å². The summed E-state index contributed by atoms with van der Waals surface area (Å²) in [6, 6.07) is 5.70. The zero-order valence-corrected chi connectivity index (χ0v) is 15.3. The first kappa shape index (κ1) is 20.0. The Bertz CT molecular complexity index is 673. The molecule has 0 amide bonds. The first-order valence-electron chi connectivity index (χ1n) is 7.72. The number of hydrogen-bond donors (Lipinski definition) is 1. The van der Waals surface area contributed by atoms with Gasteiger partial charge in [0.15, 0.2) is 0 Å². The molecule has 8 heteroatoms. The highest BCUT2D eigenvalue weighted by Gasteiger charge is 2.33. The summed E-state index contributed by atoms with van der Waals surface area (Å²) in [7, 11) is 1.42. The van der Waals surface area contributed by atoms with Crippen molar-refractivity contribution in [3.8, 4) is 5.75 Å². The van der Waals surface area contributed by atoms with Gasteiger partial charge in [-0.3, -0.25) is 4.90 Å². The molecule has 3 nitrogen and oxygen atoms in total. The zero-order valence-electron chi connectivity index (χ0n) is 13.7. The number of halogens is 4. The predicted molar refractivity (Wildman–Crippen MR) is 95.8 cm³/mol. The molecule has 2 heterocycles. The number of hydrogen-bond acceptors (Lipinski definition) is 4. The summed E-state index contributed by atoms with van der Waals surface area (Å²) in [5.41, 5.74) is 1.17. The number of nitrogens with one attached hydrogen (secondary N) is 1. The molecule has 1 aliphatic heterocycles. The van der Waals surface area contributed by atoms with Gasteiger partial charge in [-0.05, 0) is 34.5 Å². The molecule has 25 heavy (non-hydrogen) atoms. The second-order valence-electron chi connectivity index (χ2n) is 5.70. The van der Waals surface area contributed by atoms with Crippen molar-refractivity contribution in [3.63, 3.8) is 0 Å². The van der Waals surface area contributed by atoms with E-state index in [1.807, 2.05) is 16.8 Å². The molecular formula is C17H20ClF3N2OS. The van der Waals surface area contributed by atoms with Gasteiger partial charge in [0, 0.05) is 31.7 Å². The van der Waals surface area contributed by atoms with Crippen molar-refractivity contribution < 1.29 is 17.9 Å². The number of nitrogens with zero attached hydrogens (tertiary/aromatic N) is 1. The van der Waals surface area contributed by atoms with Crippen LogP contribution in [0.5, 0.6) is 5.75 Å². The normalized spacial score (nSPS) is 17.0. The van der Waals surface area contributed by atoms with Crippen LogP contribution in [0.15, 0.2) is 35.0 Å². The van der Waals surface area contributed by atoms with E-state index in [-0.39, 0.29) is 24.2 Å². The lowest BCUT2D eigenvalue weighted by molar-refractivity contribution is -0.137. The zero-order chi connectivity index (χ0) is 17.2. The molecule has 3 rings (SSSR count). The maximum atomic E-state index is 13.0. The molecule has 0 spiro atoms. The Kier molecular flexibility index (Phi) is 6.73. The third-order valence-electron chi connectivity index (χ3n) is 4.23. The molecule has 1 aliphatic rings. The number of thiophene rings is 1. The largest absolute Gasteiger partial charge is 0.496 e. The molecule has 2 aromatic rings. The Labute approximate surface area is 155 Å². The van der Waals surface area contributed by atoms with Gasteiger partial charge in [-0.15, -0.1) is 12.4 Å². The quantitative estimate of drug-likeness (QED) is 0.844. The van der Waals surface area contributed by atoms with Gasteiger partial charge in [0.25, 0.3) is 0 Å². The average Bonchev–Trinajstić information content (AvgIpc) is 3.09. The van der Waals surface area contributed by atoms with Crippen molar-refractivity contribution in [2.24, 2.45) is 0 Å². The molecule has 1 aromatic carbocycles. The van der Waals surface area contributed by atoms with E-state index in [1.54, 1.807) is 17.4 Å². The van der Waals surface area contributed by atoms with Crippen LogP contribution in [0.25, 0.3) is 0 Å². The standard InChI is InChI=1S/C17H19F3N2OS.ClH/c1-23-15-10-13(17(18,19)20)2-3-14(15)16(12-4-9-24-11-12)22-7-5-21-6-8-22;/h2-4,9-11,16,21H,5-8H2,1H3;1H/t16-;/m1./s1. The Morgan fingerprint density at radius 2 is 1.92 bits per heavy atom. The molecule has 1 N–H and O–H groups in total. The summed E-state index contributed by atoms with van der Waals surface area (Å²) in [5.74, 6) is 0.277. The minimum absolute atomic E-state index is 0. The van der Waals surface area contributed by atoms with E-state index in [4.69, 9.17) is 4.74 Å². The summed E-state index contributed by atoms with van der Waals surface area (Å²) >= 11 is 1.58.